The van der Waals surface area contributed by atoms with Gasteiger partial charge in [-0.3, -0.25) is 0 Å². The maximum absolute atomic E-state index is 3.51. The van der Waals surface area contributed by atoms with Crippen molar-refractivity contribution in [2.45, 2.75) is 58.4 Å². The fourth-order valence-corrected chi connectivity index (χ4v) is 3.73. The first-order valence-electron chi connectivity index (χ1n) is 7.54. The highest BCUT2D eigenvalue weighted by molar-refractivity contribution is 5.85. The molecule has 0 bridgehead atoms. The second-order valence-electron chi connectivity index (χ2n) is 6.74. The van der Waals surface area contributed by atoms with Gasteiger partial charge in [0.25, 0.3) is 0 Å². The first kappa shape index (κ1) is 16.3. The number of nitrogens with one attached hydrogen (secondary N) is 1. The predicted molar refractivity (Wildman–Crippen MR) is 81.5 cm³/mol. The van der Waals surface area contributed by atoms with E-state index in [2.05, 4.69) is 31.1 Å². The second-order valence-corrected chi connectivity index (χ2v) is 6.74. The third-order valence-electron chi connectivity index (χ3n) is 5.11. The first-order chi connectivity index (χ1) is 8.13. The van der Waals surface area contributed by atoms with Crippen LogP contribution < -0.4 is 5.32 Å². The standard InChI is InChI=1S/C15H30N2.ClH/c1-4-13-5-7-14(8-6-13)17(3)12-15(2)9-10-16-11-15;/h13-14,16H,4-12H2,1-3H3;1H. The zero-order valence-corrected chi connectivity index (χ0v) is 13.2. The Labute approximate surface area is 119 Å². The van der Waals surface area contributed by atoms with Gasteiger partial charge in [0.05, 0.1) is 0 Å². The van der Waals surface area contributed by atoms with Gasteiger partial charge in [0.1, 0.15) is 0 Å². The Bertz CT molecular complexity index is 231. The Morgan fingerprint density at radius 1 is 1.22 bits per heavy atom. The summed E-state index contributed by atoms with van der Waals surface area (Å²) in [5, 5.41) is 3.51. The Kier molecular flexibility index (Phi) is 6.43. The molecule has 1 saturated carbocycles. The molecule has 0 spiro atoms. The van der Waals surface area contributed by atoms with E-state index in [0.717, 1.165) is 12.0 Å². The third-order valence-corrected chi connectivity index (χ3v) is 5.11. The average molecular weight is 275 g/mol. The Hall–Kier alpha value is 0.210. The van der Waals surface area contributed by atoms with Gasteiger partial charge in [-0.05, 0) is 57.0 Å². The molecule has 2 fully saturated rings. The van der Waals surface area contributed by atoms with E-state index in [9.17, 15) is 0 Å². The number of rotatable bonds is 4. The summed E-state index contributed by atoms with van der Waals surface area (Å²) < 4.78 is 0. The van der Waals surface area contributed by atoms with Crippen LogP contribution in [0.25, 0.3) is 0 Å². The minimum absolute atomic E-state index is 0. The maximum Gasteiger partial charge on any atom is 0.00926 e. The van der Waals surface area contributed by atoms with Crippen molar-refractivity contribution in [2.75, 3.05) is 26.7 Å². The molecule has 1 atom stereocenters. The van der Waals surface area contributed by atoms with Crippen LogP contribution in [0.15, 0.2) is 0 Å². The highest BCUT2D eigenvalue weighted by atomic mass is 35.5. The molecule has 0 amide bonds. The minimum Gasteiger partial charge on any atom is -0.316 e. The summed E-state index contributed by atoms with van der Waals surface area (Å²) in [6.45, 7) is 8.50. The normalized spacial score (nSPS) is 36.7. The molecule has 1 saturated heterocycles. The highest BCUT2D eigenvalue weighted by Gasteiger charge is 2.32. The largest absolute Gasteiger partial charge is 0.316 e. The van der Waals surface area contributed by atoms with Crippen molar-refractivity contribution in [1.29, 1.82) is 0 Å². The van der Waals surface area contributed by atoms with Crippen LogP contribution in [0.4, 0.5) is 0 Å². The van der Waals surface area contributed by atoms with Crippen LogP contribution in [-0.2, 0) is 0 Å². The van der Waals surface area contributed by atoms with E-state index in [-0.39, 0.29) is 12.4 Å². The molecule has 2 aliphatic rings. The van der Waals surface area contributed by atoms with E-state index < -0.39 is 0 Å². The summed E-state index contributed by atoms with van der Waals surface area (Å²) in [4.78, 5) is 2.65. The molecule has 1 N–H and O–H groups in total. The molecule has 0 radical (unpaired) electrons. The molecule has 0 aromatic rings. The van der Waals surface area contributed by atoms with Crippen molar-refractivity contribution in [3.05, 3.63) is 0 Å². The van der Waals surface area contributed by atoms with Gasteiger partial charge in [0.2, 0.25) is 0 Å². The maximum atomic E-state index is 3.51. The van der Waals surface area contributed by atoms with Gasteiger partial charge in [0, 0.05) is 19.1 Å². The highest BCUT2D eigenvalue weighted by Crippen LogP contribution is 2.32. The average Bonchev–Trinajstić information content (AvgIpc) is 2.76. The second kappa shape index (κ2) is 7.12. The lowest BCUT2D eigenvalue weighted by Crippen LogP contribution is -2.42. The summed E-state index contributed by atoms with van der Waals surface area (Å²) in [6, 6.07) is 0.857. The van der Waals surface area contributed by atoms with Gasteiger partial charge in [0.15, 0.2) is 0 Å². The lowest BCUT2D eigenvalue weighted by Gasteiger charge is -2.38. The van der Waals surface area contributed by atoms with E-state index in [1.165, 1.54) is 58.2 Å². The molecular weight excluding hydrogens is 244 g/mol. The van der Waals surface area contributed by atoms with Crippen LogP contribution in [-0.4, -0.2) is 37.6 Å². The van der Waals surface area contributed by atoms with Gasteiger partial charge in [-0.1, -0.05) is 20.3 Å². The van der Waals surface area contributed by atoms with Gasteiger partial charge < -0.3 is 10.2 Å². The van der Waals surface area contributed by atoms with E-state index in [4.69, 9.17) is 0 Å². The van der Waals surface area contributed by atoms with Gasteiger partial charge in [-0.2, -0.15) is 0 Å². The minimum atomic E-state index is 0. The smallest absolute Gasteiger partial charge is 0.00926 e. The molecule has 2 rings (SSSR count). The quantitative estimate of drug-likeness (QED) is 0.846. The Morgan fingerprint density at radius 2 is 1.89 bits per heavy atom. The van der Waals surface area contributed by atoms with Crippen LogP contribution in [0.5, 0.6) is 0 Å². The summed E-state index contributed by atoms with van der Waals surface area (Å²) >= 11 is 0. The summed E-state index contributed by atoms with van der Waals surface area (Å²) in [6.07, 6.45) is 8.51. The first-order valence-corrected chi connectivity index (χ1v) is 7.54. The van der Waals surface area contributed by atoms with E-state index in [0.29, 0.717) is 5.41 Å². The van der Waals surface area contributed by atoms with E-state index in [1.807, 2.05) is 0 Å². The van der Waals surface area contributed by atoms with E-state index >= 15 is 0 Å². The number of nitrogens with zero attached hydrogens (tertiary/aromatic N) is 1. The molecule has 2 nitrogen and oxygen atoms in total. The van der Waals surface area contributed by atoms with Gasteiger partial charge >= 0.3 is 0 Å². The van der Waals surface area contributed by atoms with Crippen LogP contribution >= 0.6 is 12.4 Å². The number of hydrogen-bond acceptors (Lipinski definition) is 2. The van der Waals surface area contributed by atoms with E-state index in [1.54, 1.807) is 0 Å². The van der Waals surface area contributed by atoms with Crippen molar-refractivity contribution >= 4 is 12.4 Å². The molecule has 108 valence electrons. The van der Waals surface area contributed by atoms with Crippen LogP contribution in [0.1, 0.15) is 52.4 Å². The molecule has 3 heteroatoms. The Balaban J connectivity index is 0.00000162. The molecule has 18 heavy (non-hydrogen) atoms. The molecular formula is C15H31ClN2. The van der Waals surface area contributed by atoms with Crippen molar-refractivity contribution < 1.29 is 0 Å². The zero-order valence-electron chi connectivity index (χ0n) is 12.4. The molecule has 1 unspecified atom stereocenters. The molecule has 0 aromatic carbocycles. The fourth-order valence-electron chi connectivity index (χ4n) is 3.73. The van der Waals surface area contributed by atoms with Crippen molar-refractivity contribution in [1.82, 2.24) is 10.2 Å². The lowest BCUT2D eigenvalue weighted by molar-refractivity contribution is 0.117. The van der Waals surface area contributed by atoms with Crippen molar-refractivity contribution in [3.63, 3.8) is 0 Å². The molecule has 1 aliphatic heterocycles. The van der Waals surface area contributed by atoms with Crippen molar-refractivity contribution in [3.8, 4) is 0 Å². The topological polar surface area (TPSA) is 15.3 Å². The Morgan fingerprint density at radius 3 is 2.39 bits per heavy atom. The third kappa shape index (κ3) is 4.11. The fraction of sp³-hybridized carbons (Fsp3) is 1.00. The van der Waals surface area contributed by atoms with Gasteiger partial charge in [-0.25, -0.2) is 0 Å². The monoisotopic (exact) mass is 274 g/mol. The van der Waals surface area contributed by atoms with Crippen molar-refractivity contribution in [2.24, 2.45) is 11.3 Å². The zero-order chi connectivity index (χ0) is 12.3. The summed E-state index contributed by atoms with van der Waals surface area (Å²) in [5.74, 6) is 1.02. The predicted octanol–water partition coefficient (Wildman–Crippen LogP) is 3.31. The number of halogens is 1. The SMILES string of the molecule is CCC1CCC(N(C)CC2(C)CCNC2)CC1.Cl. The molecule has 1 aliphatic carbocycles. The van der Waals surface area contributed by atoms with Gasteiger partial charge in [-0.15, -0.1) is 12.4 Å². The van der Waals surface area contributed by atoms with Crippen LogP contribution in [0.3, 0.4) is 0 Å². The number of hydrogen-bond donors (Lipinski definition) is 1. The lowest BCUT2D eigenvalue weighted by atomic mass is 9.82. The summed E-state index contributed by atoms with van der Waals surface area (Å²) in [5.41, 5.74) is 0.524. The molecule has 0 aromatic heterocycles. The summed E-state index contributed by atoms with van der Waals surface area (Å²) in [7, 11) is 2.35. The molecule has 1 heterocycles. The van der Waals surface area contributed by atoms with Crippen LogP contribution in [0, 0.1) is 11.3 Å². The van der Waals surface area contributed by atoms with Crippen LogP contribution in [0.2, 0.25) is 0 Å².